The van der Waals surface area contributed by atoms with E-state index in [0.717, 1.165) is 60.2 Å². The molecular formula is C34H41N3O4. The van der Waals surface area contributed by atoms with Gasteiger partial charge in [0.05, 0.1) is 25.0 Å². The van der Waals surface area contributed by atoms with Gasteiger partial charge in [0.25, 0.3) is 0 Å². The van der Waals surface area contributed by atoms with Crippen molar-refractivity contribution in [2.24, 2.45) is 0 Å². The lowest BCUT2D eigenvalue weighted by molar-refractivity contribution is -0.148. The number of hydrogen-bond acceptors (Lipinski definition) is 6. The van der Waals surface area contributed by atoms with Crippen molar-refractivity contribution in [1.82, 2.24) is 4.90 Å². The Labute approximate surface area is 243 Å². The number of hydrogen-bond donors (Lipinski definition) is 2. The SMILES string of the molecule is CCOC(=O)[C@@H]1Cc2c(ccc(NC)c2OCCc2ccccc2)CN1C(=N)[C@H](OC1CCCC1)c1ccccc1. The fourth-order valence-corrected chi connectivity index (χ4v) is 5.91. The zero-order valence-electron chi connectivity index (χ0n) is 24.1. The fraction of sp³-hybridized carbons (Fsp3) is 0.412. The lowest BCUT2D eigenvalue weighted by atomic mass is 9.91. The van der Waals surface area contributed by atoms with Gasteiger partial charge in [-0.05, 0) is 42.5 Å². The summed E-state index contributed by atoms with van der Waals surface area (Å²) in [6.07, 6.45) is 5.00. The van der Waals surface area contributed by atoms with Crippen LogP contribution in [0.1, 0.15) is 61.0 Å². The van der Waals surface area contributed by atoms with Crippen LogP contribution in [0.3, 0.4) is 0 Å². The zero-order chi connectivity index (χ0) is 28.6. The molecule has 1 saturated carbocycles. The predicted octanol–water partition coefficient (Wildman–Crippen LogP) is 6.32. The average Bonchev–Trinajstić information content (AvgIpc) is 3.53. The van der Waals surface area contributed by atoms with E-state index in [-0.39, 0.29) is 24.5 Å². The van der Waals surface area contributed by atoms with Crippen molar-refractivity contribution < 1.29 is 19.0 Å². The highest BCUT2D eigenvalue weighted by atomic mass is 16.5. The maximum Gasteiger partial charge on any atom is 0.329 e. The van der Waals surface area contributed by atoms with Crippen molar-refractivity contribution in [2.45, 2.75) is 70.2 Å². The molecule has 2 atom stereocenters. The number of nitrogens with zero attached hydrogens (tertiary/aromatic N) is 1. The minimum Gasteiger partial charge on any atom is -0.491 e. The van der Waals surface area contributed by atoms with E-state index in [0.29, 0.717) is 19.6 Å². The van der Waals surface area contributed by atoms with Crippen LogP contribution in [0, 0.1) is 5.41 Å². The lowest BCUT2D eigenvalue weighted by Crippen LogP contribution is -2.51. The summed E-state index contributed by atoms with van der Waals surface area (Å²) in [6.45, 7) is 3.01. The van der Waals surface area contributed by atoms with E-state index in [4.69, 9.17) is 14.2 Å². The van der Waals surface area contributed by atoms with Gasteiger partial charge in [-0.15, -0.1) is 0 Å². The Kier molecular flexibility index (Phi) is 9.57. The Morgan fingerprint density at radius 3 is 2.41 bits per heavy atom. The minimum absolute atomic E-state index is 0.112. The maximum atomic E-state index is 13.4. The van der Waals surface area contributed by atoms with Gasteiger partial charge in [-0.1, -0.05) is 79.6 Å². The summed E-state index contributed by atoms with van der Waals surface area (Å²) in [5.74, 6) is 0.722. The van der Waals surface area contributed by atoms with Gasteiger partial charge in [-0.2, -0.15) is 0 Å². The highest BCUT2D eigenvalue weighted by Crippen LogP contribution is 2.39. The van der Waals surface area contributed by atoms with Gasteiger partial charge in [0.2, 0.25) is 0 Å². The summed E-state index contributed by atoms with van der Waals surface area (Å²) in [5, 5.41) is 12.7. The Balaban J connectivity index is 1.45. The van der Waals surface area contributed by atoms with Crippen LogP contribution in [0.25, 0.3) is 0 Å². The van der Waals surface area contributed by atoms with Crippen molar-refractivity contribution in [3.05, 3.63) is 95.1 Å². The van der Waals surface area contributed by atoms with Gasteiger partial charge in [0.15, 0.2) is 0 Å². The first-order chi connectivity index (χ1) is 20.1. The third kappa shape index (κ3) is 6.73. The average molecular weight is 556 g/mol. The molecule has 2 aliphatic rings. The monoisotopic (exact) mass is 555 g/mol. The molecular weight excluding hydrogens is 514 g/mol. The van der Waals surface area contributed by atoms with E-state index in [1.54, 1.807) is 0 Å². The van der Waals surface area contributed by atoms with Crippen molar-refractivity contribution in [3.8, 4) is 5.75 Å². The molecule has 7 heteroatoms. The molecule has 0 spiro atoms. The molecule has 7 nitrogen and oxygen atoms in total. The Hall–Kier alpha value is -3.84. The molecule has 0 bridgehead atoms. The number of benzene rings is 3. The number of anilines is 1. The first kappa shape index (κ1) is 28.7. The van der Waals surface area contributed by atoms with E-state index in [2.05, 4.69) is 23.5 Å². The van der Waals surface area contributed by atoms with Gasteiger partial charge in [-0.3, -0.25) is 5.41 Å². The largest absolute Gasteiger partial charge is 0.491 e. The number of carbonyl (C=O) groups excluding carboxylic acids is 1. The highest BCUT2D eigenvalue weighted by molar-refractivity contribution is 5.90. The summed E-state index contributed by atoms with van der Waals surface area (Å²) in [7, 11) is 1.88. The molecule has 5 rings (SSSR count). The molecule has 0 saturated heterocycles. The number of fused-ring (bicyclic) bond motifs is 1. The van der Waals surface area contributed by atoms with Crippen LogP contribution in [0.2, 0.25) is 0 Å². The van der Waals surface area contributed by atoms with Crippen LogP contribution in [0.5, 0.6) is 5.75 Å². The second-order valence-electron chi connectivity index (χ2n) is 10.7. The first-order valence-corrected chi connectivity index (χ1v) is 14.8. The predicted molar refractivity (Wildman–Crippen MR) is 162 cm³/mol. The number of ether oxygens (including phenoxy) is 3. The van der Waals surface area contributed by atoms with Gasteiger partial charge >= 0.3 is 5.97 Å². The fourth-order valence-electron chi connectivity index (χ4n) is 5.91. The maximum absolute atomic E-state index is 13.4. The van der Waals surface area contributed by atoms with Gasteiger partial charge < -0.3 is 24.4 Å². The second-order valence-corrected chi connectivity index (χ2v) is 10.7. The Bertz CT molecular complexity index is 1310. The van der Waals surface area contributed by atoms with Crippen LogP contribution in [0.4, 0.5) is 5.69 Å². The van der Waals surface area contributed by atoms with Crippen molar-refractivity contribution in [1.29, 1.82) is 5.41 Å². The third-order valence-corrected chi connectivity index (χ3v) is 8.07. The molecule has 1 aliphatic carbocycles. The first-order valence-electron chi connectivity index (χ1n) is 14.8. The van der Waals surface area contributed by atoms with Crippen molar-refractivity contribution in [3.63, 3.8) is 0 Å². The minimum atomic E-state index is -0.656. The van der Waals surface area contributed by atoms with Crippen LogP contribution >= 0.6 is 0 Å². The molecule has 1 heterocycles. The smallest absolute Gasteiger partial charge is 0.329 e. The summed E-state index contributed by atoms with van der Waals surface area (Å²) in [5.41, 5.74) is 5.04. The van der Waals surface area contributed by atoms with E-state index in [9.17, 15) is 10.2 Å². The van der Waals surface area contributed by atoms with Crippen LogP contribution in [0.15, 0.2) is 72.8 Å². The van der Waals surface area contributed by atoms with Crippen LogP contribution in [-0.2, 0) is 33.7 Å². The van der Waals surface area contributed by atoms with E-state index in [1.165, 1.54) is 5.56 Å². The third-order valence-electron chi connectivity index (χ3n) is 8.07. The summed E-state index contributed by atoms with van der Waals surface area (Å²) >= 11 is 0. The Morgan fingerprint density at radius 1 is 1.02 bits per heavy atom. The topological polar surface area (TPSA) is 83.9 Å². The van der Waals surface area contributed by atoms with Crippen molar-refractivity contribution in [2.75, 3.05) is 25.6 Å². The number of rotatable bonds is 11. The number of nitrogens with one attached hydrogen (secondary N) is 2. The second kappa shape index (κ2) is 13.7. The molecule has 0 unspecified atom stereocenters. The van der Waals surface area contributed by atoms with Gasteiger partial charge in [0, 0.05) is 32.0 Å². The molecule has 1 fully saturated rings. The quantitative estimate of drug-likeness (QED) is 0.164. The molecule has 2 N–H and O–H groups in total. The molecule has 41 heavy (non-hydrogen) atoms. The van der Waals surface area contributed by atoms with Gasteiger partial charge in [-0.25, -0.2) is 4.79 Å². The number of amidine groups is 1. The standard InChI is InChI=1S/C34H41N3O4/c1-3-39-34(38)30-22-28-26(18-19-29(36-2)32(28)40-21-20-24-12-6-4-7-13-24)23-37(30)33(35)31(25-14-8-5-9-15-25)41-27-16-10-11-17-27/h4-9,12-15,18-19,27,30-31,35-36H,3,10-11,16-17,20-23H2,1-2H3/t30-,31+/m0/s1. The Morgan fingerprint density at radius 2 is 1.73 bits per heavy atom. The van der Waals surface area contributed by atoms with E-state index in [1.807, 2.05) is 73.5 Å². The number of esters is 1. The van der Waals surface area contributed by atoms with Crippen LogP contribution in [-0.4, -0.2) is 49.1 Å². The summed E-state index contributed by atoms with van der Waals surface area (Å²) < 4.78 is 18.6. The van der Waals surface area contributed by atoms with E-state index >= 15 is 0 Å². The van der Waals surface area contributed by atoms with Crippen LogP contribution < -0.4 is 10.1 Å². The molecule has 0 aromatic heterocycles. The molecule has 3 aromatic carbocycles. The highest BCUT2D eigenvalue weighted by Gasteiger charge is 2.39. The van der Waals surface area contributed by atoms with Crippen molar-refractivity contribution >= 4 is 17.5 Å². The molecule has 3 aromatic rings. The summed E-state index contributed by atoms with van der Waals surface area (Å²) in [4.78, 5) is 15.3. The normalized spacial score (nSPS) is 17.5. The molecule has 1 aliphatic heterocycles. The molecule has 0 amide bonds. The summed E-state index contributed by atoms with van der Waals surface area (Å²) in [6, 6.07) is 23.6. The lowest BCUT2D eigenvalue weighted by Gasteiger charge is -2.40. The molecule has 0 radical (unpaired) electrons. The van der Waals surface area contributed by atoms with Gasteiger partial charge in [0.1, 0.15) is 23.7 Å². The zero-order valence-corrected chi connectivity index (χ0v) is 24.1. The molecule has 216 valence electrons. The number of carbonyl (C=O) groups is 1. The van der Waals surface area contributed by atoms with E-state index < -0.39 is 12.1 Å².